The molecule has 0 fully saturated rings. The minimum Gasteiger partial charge on any atom is -0.478 e. The monoisotopic (exact) mass is 489 g/mol. The summed E-state index contributed by atoms with van der Waals surface area (Å²) in [5.74, 6) is -1.25. The van der Waals surface area contributed by atoms with Crippen molar-refractivity contribution in [2.24, 2.45) is 0 Å². The number of benzene rings is 2. The number of aryl methyl sites for hydroxylation is 1. The number of halogens is 1. The first kappa shape index (κ1) is 20.6. The highest BCUT2D eigenvalue weighted by Gasteiger charge is 2.33. The van der Waals surface area contributed by atoms with Gasteiger partial charge >= 0.3 is 5.97 Å². The fraction of sp³-hybridized carbons (Fsp3) is 0.304. The van der Waals surface area contributed by atoms with Crippen LogP contribution in [-0.4, -0.2) is 17.0 Å². The van der Waals surface area contributed by atoms with E-state index < -0.39 is 5.97 Å². The number of hydrogen-bond acceptors (Lipinski definition) is 2. The predicted molar refractivity (Wildman–Crippen MR) is 120 cm³/mol. The molecule has 28 heavy (non-hydrogen) atoms. The van der Waals surface area contributed by atoms with Gasteiger partial charge in [-0.25, -0.2) is 4.79 Å². The van der Waals surface area contributed by atoms with Crippen molar-refractivity contribution in [1.29, 1.82) is 0 Å². The second-order valence-corrected chi connectivity index (χ2v) is 9.61. The molecule has 0 atom stereocenters. The number of amides is 1. The van der Waals surface area contributed by atoms with Gasteiger partial charge in [-0.2, -0.15) is 0 Å². The van der Waals surface area contributed by atoms with Crippen LogP contribution in [0, 0.1) is 10.5 Å². The molecule has 146 valence electrons. The van der Waals surface area contributed by atoms with Crippen molar-refractivity contribution in [2.45, 2.75) is 45.4 Å². The molecule has 0 spiro atoms. The SMILES string of the molecule is Cc1cc2c(cc1NC(=O)c1ccc(C(=O)O)c(I)c1)C(C)(C)C=CC2(C)C. The third kappa shape index (κ3) is 3.72. The van der Waals surface area contributed by atoms with Crippen LogP contribution in [0.5, 0.6) is 0 Å². The maximum atomic E-state index is 12.8. The number of carbonyl (C=O) groups is 2. The number of carboxylic acid groups (broad SMARTS) is 1. The van der Waals surface area contributed by atoms with Crippen LogP contribution in [0.3, 0.4) is 0 Å². The van der Waals surface area contributed by atoms with E-state index in [2.05, 4.69) is 57.3 Å². The van der Waals surface area contributed by atoms with Gasteiger partial charge in [-0.15, -0.1) is 0 Å². The van der Waals surface area contributed by atoms with Crippen molar-refractivity contribution in [3.05, 3.63) is 73.9 Å². The molecular weight excluding hydrogens is 465 g/mol. The molecule has 0 saturated heterocycles. The number of anilines is 1. The molecule has 0 aromatic heterocycles. The quantitative estimate of drug-likeness (QED) is 0.431. The zero-order valence-corrected chi connectivity index (χ0v) is 18.8. The number of aromatic carboxylic acids is 1. The molecule has 2 N–H and O–H groups in total. The topological polar surface area (TPSA) is 66.4 Å². The Morgan fingerprint density at radius 3 is 2.07 bits per heavy atom. The lowest BCUT2D eigenvalue weighted by molar-refractivity contribution is 0.0695. The van der Waals surface area contributed by atoms with Gasteiger partial charge in [-0.1, -0.05) is 45.9 Å². The van der Waals surface area contributed by atoms with Gasteiger partial charge in [-0.3, -0.25) is 4.79 Å². The van der Waals surface area contributed by atoms with Crippen molar-refractivity contribution in [3.8, 4) is 0 Å². The highest BCUT2D eigenvalue weighted by molar-refractivity contribution is 14.1. The normalized spacial score (nSPS) is 16.4. The highest BCUT2D eigenvalue weighted by atomic mass is 127. The van der Waals surface area contributed by atoms with E-state index in [0.29, 0.717) is 9.13 Å². The standard InChI is InChI=1S/C23H24INO3/c1-13-10-16-17(23(4,5)9-8-22(16,2)3)12-19(13)25-20(26)14-6-7-15(21(27)28)18(24)11-14/h6-12H,1-5H3,(H,25,26)(H,27,28). The Morgan fingerprint density at radius 2 is 1.54 bits per heavy atom. The summed E-state index contributed by atoms with van der Waals surface area (Å²) in [5.41, 5.74) is 4.72. The summed E-state index contributed by atoms with van der Waals surface area (Å²) in [6.45, 7) is 10.7. The van der Waals surface area contributed by atoms with Crippen LogP contribution in [0.25, 0.3) is 0 Å². The number of carboxylic acids is 1. The molecule has 0 unspecified atom stereocenters. The minimum absolute atomic E-state index is 0.0546. The smallest absolute Gasteiger partial charge is 0.336 e. The van der Waals surface area contributed by atoms with Crippen molar-refractivity contribution < 1.29 is 14.7 Å². The molecule has 0 radical (unpaired) electrons. The molecule has 2 aromatic rings. The lowest BCUT2D eigenvalue weighted by Crippen LogP contribution is -2.29. The van der Waals surface area contributed by atoms with Gasteiger partial charge in [0.15, 0.2) is 0 Å². The van der Waals surface area contributed by atoms with Crippen molar-refractivity contribution in [3.63, 3.8) is 0 Å². The summed E-state index contributed by atoms with van der Waals surface area (Å²) >= 11 is 1.94. The molecule has 0 aliphatic heterocycles. The van der Waals surface area contributed by atoms with Gasteiger partial charge in [-0.05, 0) is 70.5 Å². The third-order valence-corrected chi connectivity index (χ3v) is 6.27. The number of nitrogens with one attached hydrogen (secondary N) is 1. The zero-order chi connectivity index (χ0) is 20.9. The van der Waals surface area contributed by atoms with E-state index in [0.717, 1.165) is 11.3 Å². The largest absolute Gasteiger partial charge is 0.478 e. The maximum absolute atomic E-state index is 12.8. The van der Waals surface area contributed by atoms with Crippen molar-refractivity contribution in [2.75, 3.05) is 5.32 Å². The first-order valence-corrected chi connectivity index (χ1v) is 10.2. The molecule has 2 aromatic carbocycles. The predicted octanol–water partition coefficient (Wildman–Crippen LogP) is 5.68. The Bertz CT molecular complexity index is 1020. The summed E-state index contributed by atoms with van der Waals surface area (Å²) in [4.78, 5) is 24.0. The van der Waals surface area contributed by atoms with E-state index >= 15 is 0 Å². The van der Waals surface area contributed by atoms with E-state index in [1.807, 2.05) is 29.5 Å². The van der Waals surface area contributed by atoms with Gasteiger partial charge in [0.25, 0.3) is 5.91 Å². The molecule has 0 bridgehead atoms. The van der Waals surface area contributed by atoms with Gasteiger partial charge in [0.2, 0.25) is 0 Å². The Balaban J connectivity index is 1.97. The Hall–Kier alpha value is -2.15. The van der Waals surface area contributed by atoms with Crippen molar-refractivity contribution in [1.82, 2.24) is 0 Å². The van der Waals surface area contributed by atoms with Crippen LogP contribution in [0.1, 0.15) is 65.1 Å². The molecule has 3 rings (SSSR count). The van der Waals surface area contributed by atoms with Gasteiger partial charge in [0.1, 0.15) is 0 Å². The van der Waals surface area contributed by atoms with E-state index in [-0.39, 0.29) is 22.3 Å². The Morgan fingerprint density at radius 1 is 0.964 bits per heavy atom. The number of hydrogen-bond donors (Lipinski definition) is 2. The van der Waals surface area contributed by atoms with E-state index in [9.17, 15) is 9.59 Å². The molecular formula is C23H24INO3. The van der Waals surface area contributed by atoms with Crippen LogP contribution in [0.15, 0.2) is 42.5 Å². The van der Waals surface area contributed by atoms with E-state index in [1.165, 1.54) is 17.2 Å². The summed E-state index contributed by atoms with van der Waals surface area (Å²) in [5, 5.41) is 12.2. The van der Waals surface area contributed by atoms with Crippen LogP contribution in [0.4, 0.5) is 5.69 Å². The fourth-order valence-electron chi connectivity index (χ4n) is 3.53. The lowest BCUT2D eigenvalue weighted by atomic mass is 9.67. The fourth-order valence-corrected chi connectivity index (χ4v) is 4.28. The summed E-state index contributed by atoms with van der Waals surface area (Å²) in [6, 6.07) is 8.85. The number of fused-ring (bicyclic) bond motifs is 1. The van der Waals surface area contributed by atoms with Crippen LogP contribution in [-0.2, 0) is 10.8 Å². The molecule has 1 aliphatic rings. The summed E-state index contributed by atoms with van der Waals surface area (Å²) in [7, 11) is 0. The van der Waals surface area contributed by atoms with E-state index in [1.54, 1.807) is 12.1 Å². The zero-order valence-electron chi connectivity index (χ0n) is 16.7. The number of allylic oxidation sites excluding steroid dienone is 2. The van der Waals surface area contributed by atoms with Gasteiger partial charge in [0.05, 0.1) is 5.56 Å². The van der Waals surface area contributed by atoms with Gasteiger partial charge < -0.3 is 10.4 Å². The second kappa shape index (κ2) is 7.03. The lowest BCUT2D eigenvalue weighted by Gasteiger charge is -2.37. The van der Waals surface area contributed by atoms with Crippen molar-refractivity contribution >= 4 is 40.2 Å². The third-order valence-electron chi connectivity index (χ3n) is 5.38. The molecule has 4 nitrogen and oxygen atoms in total. The Kier molecular flexibility index (Phi) is 5.17. The molecule has 1 aliphatic carbocycles. The average molecular weight is 489 g/mol. The average Bonchev–Trinajstić information content (AvgIpc) is 2.60. The molecule has 5 heteroatoms. The first-order valence-electron chi connectivity index (χ1n) is 9.12. The van der Waals surface area contributed by atoms with E-state index in [4.69, 9.17) is 5.11 Å². The van der Waals surface area contributed by atoms with Gasteiger partial charge in [0, 0.05) is 25.7 Å². The second-order valence-electron chi connectivity index (χ2n) is 8.44. The minimum atomic E-state index is -1.00. The maximum Gasteiger partial charge on any atom is 0.336 e. The summed E-state index contributed by atoms with van der Waals surface area (Å²) < 4.78 is 0.535. The number of carbonyl (C=O) groups excluding carboxylic acids is 1. The molecule has 0 heterocycles. The van der Waals surface area contributed by atoms with Crippen LogP contribution in [0.2, 0.25) is 0 Å². The Labute approximate surface area is 179 Å². The highest BCUT2D eigenvalue weighted by Crippen LogP contribution is 2.43. The molecule has 1 amide bonds. The summed E-state index contributed by atoms with van der Waals surface area (Å²) in [6.07, 6.45) is 4.47. The van der Waals surface area contributed by atoms with Crippen LogP contribution >= 0.6 is 22.6 Å². The number of rotatable bonds is 3. The first-order chi connectivity index (χ1) is 12.9. The molecule has 0 saturated carbocycles. The van der Waals surface area contributed by atoms with Crippen LogP contribution < -0.4 is 5.32 Å².